The Bertz CT molecular complexity index is 186. The van der Waals surface area contributed by atoms with E-state index in [9.17, 15) is 14.5 Å². The normalized spacial score (nSPS) is 9.30. The molecule has 0 radical (unpaired) electrons. The molecule has 0 spiro atoms. The maximum Gasteiger partial charge on any atom is 0.349 e. The second kappa shape index (κ2) is 4.33. The molecular weight excluding hydrogens is 140 g/mol. The van der Waals surface area contributed by atoms with Gasteiger partial charge in [-0.1, -0.05) is 0 Å². The van der Waals surface area contributed by atoms with Gasteiger partial charge in [-0.05, 0) is 0 Å². The molecule has 6 heteroatoms. The van der Waals surface area contributed by atoms with Gasteiger partial charge in [0.2, 0.25) is 0 Å². The van der Waals surface area contributed by atoms with E-state index in [2.05, 4.69) is 10.7 Å². The quantitative estimate of drug-likeness (QED) is 0.312. The third kappa shape index (κ3) is 3.44. The van der Waals surface area contributed by atoms with Crippen molar-refractivity contribution in [1.82, 2.24) is 0 Å². The number of nitrogens with zero attached hydrogens (tertiary/aromatic N) is 1. The van der Waals surface area contributed by atoms with Crippen LogP contribution in [-0.2, 0) is 14.4 Å². The molecule has 0 heterocycles. The first-order valence-electron chi connectivity index (χ1n) is 2.16. The van der Waals surface area contributed by atoms with Crippen LogP contribution in [0.25, 0.3) is 0 Å². The molecule has 10 heavy (non-hydrogen) atoms. The fourth-order valence-corrected chi connectivity index (χ4v) is 0.209. The Labute approximate surface area is 55.6 Å². The number of amides is 1. The third-order valence-corrected chi connectivity index (χ3v) is 0.568. The van der Waals surface area contributed by atoms with E-state index in [1.54, 1.807) is 0 Å². The molecule has 0 aliphatic rings. The molecule has 54 valence electrons. The van der Waals surface area contributed by atoms with Crippen LogP contribution in [0.3, 0.4) is 0 Å². The highest BCUT2D eigenvalue weighted by molar-refractivity contribution is 5.94. The minimum atomic E-state index is -1.06. The van der Waals surface area contributed by atoms with Crippen LogP contribution in [0.4, 0.5) is 0 Å². The lowest BCUT2D eigenvalue weighted by Crippen LogP contribution is -2.06. The van der Waals surface area contributed by atoms with Gasteiger partial charge in [-0.25, -0.2) is 4.79 Å². The number of nitroso groups, excluding NO2 is 1. The van der Waals surface area contributed by atoms with Gasteiger partial charge in [-0.3, -0.25) is 4.79 Å². The lowest BCUT2D eigenvalue weighted by atomic mass is 10.5. The zero-order chi connectivity index (χ0) is 7.98. The van der Waals surface area contributed by atoms with E-state index in [4.69, 9.17) is 0 Å². The summed E-state index contributed by atoms with van der Waals surface area (Å²) in [6.07, 6.45) is 1.35. The molecule has 0 atom stereocenters. The number of carbonyl (C=O) groups excluding carboxylic acids is 2. The van der Waals surface area contributed by atoms with Gasteiger partial charge in [0.15, 0.2) is 0 Å². The van der Waals surface area contributed by atoms with Crippen molar-refractivity contribution in [1.29, 1.82) is 0 Å². The predicted molar refractivity (Wildman–Crippen MR) is 30.2 cm³/mol. The van der Waals surface area contributed by atoms with Crippen LogP contribution in [0.15, 0.2) is 17.3 Å². The van der Waals surface area contributed by atoms with Gasteiger partial charge in [0.25, 0.3) is 0 Å². The monoisotopic (exact) mass is 144 g/mol. The number of hydrogen-bond donors (Lipinski definition) is 1. The zero-order valence-corrected chi connectivity index (χ0v) is 4.81. The van der Waals surface area contributed by atoms with E-state index in [1.807, 2.05) is 5.18 Å². The van der Waals surface area contributed by atoms with Crippen LogP contribution in [0, 0.1) is 4.91 Å². The van der Waals surface area contributed by atoms with Gasteiger partial charge in [0.1, 0.15) is 0 Å². The largest absolute Gasteiger partial charge is 0.370 e. The molecule has 0 aliphatic carbocycles. The minimum Gasteiger partial charge on any atom is -0.370 e. The second-order valence-electron chi connectivity index (χ2n) is 1.20. The highest BCUT2D eigenvalue weighted by atomic mass is 16.7. The molecule has 0 aromatic carbocycles. The Morgan fingerprint density at radius 2 is 2.00 bits per heavy atom. The molecule has 6 nitrogen and oxygen atoms in total. The summed E-state index contributed by atoms with van der Waals surface area (Å²) in [5.74, 6) is 2.39. The van der Waals surface area contributed by atoms with Gasteiger partial charge in [-0.2, -0.15) is 5.90 Å². The van der Waals surface area contributed by atoms with Gasteiger partial charge in [-0.15, -0.1) is 4.91 Å². The van der Waals surface area contributed by atoms with E-state index in [-0.39, 0.29) is 0 Å². The summed E-state index contributed by atoms with van der Waals surface area (Å²) in [6, 6.07) is 0. The van der Waals surface area contributed by atoms with E-state index in [0.29, 0.717) is 12.2 Å². The average Bonchev–Trinajstić information content (AvgIpc) is 1.99. The molecule has 0 aliphatic heterocycles. The van der Waals surface area contributed by atoms with Crippen molar-refractivity contribution < 1.29 is 14.4 Å². The number of rotatable bonds is 2. The average molecular weight is 144 g/mol. The van der Waals surface area contributed by atoms with Gasteiger partial charge >= 0.3 is 11.9 Å². The Kier molecular flexibility index (Phi) is 3.66. The molecule has 0 unspecified atom stereocenters. The van der Waals surface area contributed by atoms with Gasteiger partial charge < -0.3 is 4.84 Å². The molecule has 0 bridgehead atoms. The van der Waals surface area contributed by atoms with E-state index < -0.39 is 11.9 Å². The van der Waals surface area contributed by atoms with Crippen molar-refractivity contribution in [2.45, 2.75) is 0 Å². The van der Waals surface area contributed by atoms with E-state index in [1.165, 1.54) is 0 Å². The lowest BCUT2D eigenvalue weighted by Gasteiger charge is -1.84. The van der Waals surface area contributed by atoms with Crippen molar-refractivity contribution in [2.24, 2.45) is 11.1 Å². The molecule has 0 rings (SSSR count). The number of carbonyl (C=O) groups is 2. The first-order valence-corrected chi connectivity index (χ1v) is 2.16. The highest BCUT2D eigenvalue weighted by Crippen LogP contribution is 1.79. The highest BCUT2D eigenvalue weighted by Gasteiger charge is 1.95. The molecule has 0 aromatic rings. The molecule has 0 saturated carbocycles. The van der Waals surface area contributed by atoms with Crippen LogP contribution in [0.2, 0.25) is 0 Å². The maximum absolute atomic E-state index is 10.1. The van der Waals surface area contributed by atoms with Crippen LogP contribution in [-0.4, -0.2) is 11.9 Å². The Hall–Kier alpha value is -1.56. The third-order valence-electron chi connectivity index (χ3n) is 0.568. The summed E-state index contributed by atoms with van der Waals surface area (Å²) in [7, 11) is 0. The van der Waals surface area contributed by atoms with Crippen LogP contribution in [0.1, 0.15) is 0 Å². The van der Waals surface area contributed by atoms with Crippen LogP contribution >= 0.6 is 0 Å². The molecule has 0 saturated heterocycles. The molecule has 0 fully saturated rings. The Morgan fingerprint density at radius 1 is 1.40 bits per heavy atom. The molecule has 1 amide bonds. The summed E-state index contributed by atoms with van der Waals surface area (Å²) in [5.41, 5.74) is 0. The summed E-state index contributed by atoms with van der Waals surface area (Å²) in [4.78, 5) is 33.1. The molecule has 2 N–H and O–H groups in total. The number of nitrogens with two attached hydrogens (primary N) is 1. The first-order chi connectivity index (χ1) is 4.70. The van der Waals surface area contributed by atoms with Gasteiger partial charge in [0, 0.05) is 17.3 Å². The van der Waals surface area contributed by atoms with E-state index in [0.717, 1.165) is 0 Å². The Morgan fingerprint density at radius 3 is 2.40 bits per heavy atom. The molecular formula is C4H4N2O4. The van der Waals surface area contributed by atoms with Crippen molar-refractivity contribution in [2.75, 3.05) is 0 Å². The maximum atomic E-state index is 10.1. The smallest absolute Gasteiger partial charge is 0.349 e. The minimum absolute atomic E-state index is 0.655. The first kappa shape index (κ1) is 8.44. The summed E-state index contributed by atoms with van der Waals surface area (Å²) in [6.45, 7) is 0. The summed E-state index contributed by atoms with van der Waals surface area (Å²) < 4.78 is 0. The fraction of sp³-hybridized carbons (Fsp3) is 0. The van der Waals surface area contributed by atoms with E-state index >= 15 is 0 Å². The van der Waals surface area contributed by atoms with Crippen LogP contribution < -0.4 is 5.90 Å². The topological polar surface area (TPSA) is 98.8 Å². The Balaban J connectivity index is 3.87. The predicted octanol–water partition coefficient (Wildman–Crippen LogP) is -0.748. The standard InChI is InChI=1S/C4H4N2O4/c5-10-4(8)2-1-3(7)6-9/h1-2H,5H2/b2-1-. The van der Waals surface area contributed by atoms with Crippen LogP contribution in [0.5, 0.6) is 0 Å². The summed E-state index contributed by atoms with van der Waals surface area (Å²) in [5, 5.41) is 1.97. The van der Waals surface area contributed by atoms with Crippen molar-refractivity contribution in [3.63, 3.8) is 0 Å². The fourth-order valence-electron chi connectivity index (χ4n) is 0.209. The molecule has 0 aromatic heterocycles. The van der Waals surface area contributed by atoms with Crippen molar-refractivity contribution in [3.05, 3.63) is 17.1 Å². The zero-order valence-electron chi connectivity index (χ0n) is 4.81. The number of hydrogen-bond acceptors (Lipinski definition) is 5. The van der Waals surface area contributed by atoms with Gasteiger partial charge in [0.05, 0.1) is 0 Å². The van der Waals surface area contributed by atoms with Crippen molar-refractivity contribution in [3.8, 4) is 0 Å². The SMILES string of the molecule is NOC(=O)/C=C\C(=O)N=O. The summed E-state index contributed by atoms with van der Waals surface area (Å²) >= 11 is 0. The second-order valence-corrected chi connectivity index (χ2v) is 1.20. The van der Waals surface area contributed by atoms with Crippen molar-refractivity contribution >= 4 is 11.9 Å². The lowest BCUT2D eigenvalue weighted by molar-refractivity contribution is -0.138.